The Bertz CT molecular complexity index is 1760. The first kappa shape index (κ1) is 27.1. The van der Waals surface area contributed by atoms with Crippen molar-refractivity contribution in [1.29, 1.82) is 5.26 Å². The molecule has 0 atom stereocenters. The predicted molar refractivity (Wildman–Crippen MR) is 160 cm³/mol. The summed E-state index contributed by atoms with van der Waals surface area (Å²) in [4.78, 5) is 28.8. The van der Waals surface area contributed by atoms with Crippen LogP contribution in [0.1, 0.15) is 54.1 Å². The largest absolute Gasteiger partial charge is 0.436 e. The summed E-state index contributed by atoms with van der Waals surface area (Å²) in [5, 5.41) is 16.7. The van der Waals surface area contributed by atoms with Crippen LogP contribution >= 0.6 is 0 Å². The molecule has 1 N–H and O–H groups in total. The Balaban J connectivity index is 1.03. The molecule has 3 aromatic heterocycles. The second-order valence-electron chi connectivity index (χ2n) is 11.1. The topological polar surface area (TPSA) is 126 Å². The number of carbonyl (C=O) groups is 1. The molecule has 0 saturated carbocycles. The SMILES string of the molecule is CC(C)c1cc(C#N)cc2nc(-c3ccc(C(=O)NCC4CCN(c5ncc(-c6cnn(C)c6)cn5)CC4)cc3)oc12. The Morgan fingerprint density at radius 1 is 1.07 bits per heavy atom. The number of nitrogens with zero attached hydrogens (tertiary/aromatic N) is 7. The van der Waals surface area contributed by atoms with E-state index in [-0.39, 0.29) is 11.8 Å². The lowest BCUT2D eigenvalue weighted by molar-refractivity contribution is 0.0945. The van der Waals surface area contributed by atoms with Crippen LogP contribution in [0.15, 0.2) is 65.6 Å². The van der Waals surface area contributed by atoms with Crippen molar-refractivity contribution in [2.24, 2.45) is 13.0 Å². The van der Waals surface area contributed by atoms with Crippen LogP contribution in [-0.2, 0) is 7.05 Å². The Morgan fingerprint density at radius 2 is 1.81 bits per heavy atom. The molecular formula is C32H32N8O2. The molecule has 0 radical (unpaired) electrons. The summed E-state index contributed by atoms with van der Waals surface area (Å²) >= 11 is 0. The number of carbonyl (C=O) groups excluding carboxylic acids is 1. The Kier molecular flexibility index (Phi) is 7.40. The van der Waals surface area contributed by atoms with Crippen LogP contribution in [0, 0.1) is 17.2 Å². The van der Waals surface area contributed by atoms with Gasteiger partial charge >= 0.3 is 0 Å². The number of hydrogen-bond acceptors (Lipinski definition) is 8. The Hall–Kier alpha value is -5.04. The van der Waals surface area contributed by atoms with E-state index >= 15 is 0 Å². The predicted octanol–water partition coefficient (Wildman–Crippen LogP) is 5.33. The number of nitriles is 1. The van der Waals surface area contributed by atoms with Gasteiger partial charge in [-0.05, 0) is 61.1 Å². The molecule has 0 unspecified atom stereocenters. The first-order valence-electron chi connectivity index (χ1n) is 14.2. The zero-order chi connectivity index (χ0) is 29.2. The molecule has 5 aromatic rings. The maximum absolute atomic E-state index is 12.9. The van der Waals surface area contributed by atoms with E-state index in [4.69, 9.17) is 4.42 Å². The highest BCUT2D eigenvalue weighted by molar-refractivity contribution is 5.94. The number of fused-ring (bicyclic) bond motifs is 1. The van der Waals surface area contributed by atoms with Gasteiger partial charge in [-0.2, -0.15) is 10.4 Å². The first-order valence-corrected chi connectivity index (χ1v) is 14.2. The average molecular weight is 561 g/mol. The number of oxazole rings is 1. The molecule has 1 amide bonds. The second-order valence-corrected chi connectivity index (χ2v) is 11.1. The molecule has 1 saturated heterocycles. The van der Waals surface area contributed by atoms with Crippen LogP contribution in [0.4, 0.5) is 5.95 Å². The molecule has 0 spiro atoms. The van der Waals surface area contributed by atoms with Crippen molar-refractivity contribution >= 4 is 23.0 Å². The van der Waals surface area contributed by atoms with E-state index in [0.29, 0.717) is 40.6 Å². The molecule has 4 heterocycles. The number of hydrogen-bond donors (Lipinski definition) is 1. The fourth-order valence-corrected chi connectivity index (χ4v) is 5.32. The summed E-state index contributed by atoms with van der Waals surface area (Å²) in [6, 6.07) is 13.1. The van der Waals surface area contributed by atoms with Gasteiger partial charge in [0.15, 0.2) is 5.58 Å². The van der Waals surface area contributed by atoms with Crippen molar-refractivity contribution in [3.63, 3.8) is 0 Å². The van der Waals surface area contributed by atoms with Crippen LogP contribution in [0.25, 0.3) is 33.7 Å². The summed E-state index contributed by atoms with van der Waals surface area (Å²) < 4.78 is 7.86. The van der Waals surface area contributed by atoms with E-state index < -0.39 is 0 Å². The van der Waals surface area contributed by atoms with E-state index in [1.165, 1.54) is 0 Å². The lowest BCUT2D eigenvalue weighted by atomic mass is 9.97. The molecule has 0 bridgehead atoms. The number of aryl methyl sites for hydroxylation is 1. The zero-order valence-corrected chi connectivity index (χ0v) is 23.9. The molecule has 0 aliphatic carbocycles. The average Bonchev–Trinajstić information content (AvgIpc) is 3.66. The maximum Gasteiger partial charge on any atom is 0.251 e. The fraction of sp³-hybridized carbons (Fsp3) is 0.312. The molecule has 212 valence electrons. The minimum absolute atomic E-state index is 0.100. The van der Waals surface area contributed by atoms with Crippen molar-refractivity contribution in [2.75, 3.05) is 24.5 Å². The fourth-order valence-electron chi connectivity index (χ4n) is 5.32. The molecule has 10 nitrogen and oxygen atoms in total. The third-order valence-corrected chi connectivity index (χ3v) is 7.79. The molecule has 1 aliphatic rings. The van der Waals surface area contributed by atoms with Crippen LogP contribution in [0.3, 0.4) is 0 Å². The maximum atomic E-state index is 12.9. The van der Waals surface area contributed by atoms with Crippen molar-refractivity contribution < 1.29 is 9.21 Å². The Labute approximate surface area is 244 Å². The second kappa shape index (κ2) is 11.4. The standard InChI is InChI=1S/C32H32N8O2/c1-20(2)27-12-22(14-33)13-28-29(27)42-31(38-28)24-6-4-23(5-7-24)30(41)34-15-21-8-10-40(11-9-21)32-35-16-25(17-36-32)26-18-37-39(3)19-26/h4-7,12-13,16-21H,8-11,15H2,1-3H3,(H,34,41). The van der Waals surface area contributed by atoms with E-state index in [0.717, 1.165) is 54.1 Å². The summed E-state index contributed by atoms with van der Waals surface area (Å²) in [7, 11) is 1.89. The smallest absolute Gasteiger partial charge is 0.251 e. The third-order valence-electron chi connectivity index (χ3n) is 7.79. The van der Waals surface area contributed by atoms with Gasteiger partial charge in [-0.25, -0.2) is 15.0 Å². The van der Waals surface area contributed by atoms with Crippen LogP contribution < -0.4 is 10.2 Å². The number of benzene rings is 2. The van der Waals surface area contributed by atoms with Gasteiger partial charge in [0, 0.05) is 73.1 Å². The highest BCUT2D eigenvalue weighted by Gasteiger charge is 2.22. The van der Waals surface area contributed by atoms with Gasteiger partial charge in [0.05, 0.1) is 17.8 Å². The summed E-state index contributed by atoms with van der Waals surface area (Å²) in [5.41, 5.74) is 6.18. The first-order chi connectivity index (χ1) is 20.4. The van der Waals surface area contributed by atoms with Gasteiger partial charge in [0.25, 0.3) is 5.91 Å². The van der Waals surface area contributed by atoms with Gasteiger partial charge in [-0.1, -0.05) is 13.8 Å². The quantitative estimate of drug-likeness (QED) is 0.283. The summed E-state index contributed by atoms with van der Waals surface area (Å²) in [6.07, 6.45) is 9.34. The molecule has 1 aliphatic heterocycles. The normalized spacial score (nSPS) is 13.9. The number of aromatic nitrogens is 5. The van der Waals surface area contributed by atoms with Gasteiger partial charge in [-0.15, -0.1) is 0 Å². The number of rotatable bonds is 7. The van der Waals surface area contributed by atoms with Gasteiger partial charge in [0.1, 0.15) is 5.52 Å². The minimum Gasteiger partial charge on any atom is -0.436 e. The van der Waals surface area contributed by atoms with Gasteiger partial charge in [0.2, 0.25) is 11.8 Å². The van der Waals surface area contributed by atoms with E-state index in [2.05, 4.69) is 50.2 Å². The number of amides is 1. The van der Waals surface area contributed by atoms with Crippen molar-refractivity contribution in [2.45, 2.75) is 32.6 Å². The third kappa shape index (κ3) is 5.59. The number of piperidine rings is 1. The number of nitrogens with one attached hydrogen (secondary N) is 1. The molecule has 10 heteroatoms. The molecular weight excluding hydrogens is 528 g/mol. The van der Waals surface area contributed by atoms with Gasteiger partial charge < -0.3 is 14.6 Å². The zero-order valence-electron chi connectivity index (χ0n) is 23.9. The Morgan fingerprint density at radius 3 is 2.45 bits per heavy atom. The van der Waals surface area contributed by atoms with E-state index in [9.17, 15) is 10.1 Å². The van der Waals surface area contributed by atoms with Crippen LogP contribution in [-0.4, -0.2) is 50.3 Å². The van der Waals surface area contributed by atoms with E-state index in [1.54, 1.807) is 29.1 Å². The monoisotopic (exact) mass is 560 g/mol. The molecule has 42 heavy (non-hydrogen) atoms. The summed E-state index contributed by atoms with van der Waals surface area (Å²) in [6.45, 7) is 6.44. The lowest BCUT2D eigenvalue weighted by Gasteiger charge is -2.32. The number of anilines is 1. The van der Waals surface area contributed by atoms with Crippen LogP contribution in [0.5, 0.6) is 0 Å². The van der Waals surface area contributed by atoms with Crippen molar-refractivity contribution in [3.05, 3.63) is 77.9 Å². The van der Waals surface area contributed by atoms with Crippen LogP contribution in [0.2, 0.25) is 0 Å². The van der Waals surface area contributed by atoms with Crippen molar-refractivity contribution in [3.8, 4) is 28.7 Å². The minimum atomic E-state index is -0.100. The highest BCUT2D eigenvalue weighted by Crippen LogP contribution is 2.31. The van der Waals surface area contributed by atoms with E-state index in [1.807, 2.05) is 43.8 Å². The lowest BCUT2D eigenvalue weighted by Crippen LogP contribution is -2.39. The molecule has 2 aromatic carbocycles. The highest BCUT2D eigenvalue weighted by atomic mass is 16.3. The van der Waals surface area contributed by atoms with Gasteiger partial charge in [-0.3, -0.25) is 9.48 Å². The summed E-state index contributed by atoms with van der Waals surface area (Å²) in [5.74, 6) is 1.69. The molecule has 1 fully saturated rings. The van der Waals surface area contributed by atoms with Crippen molar-refractivity contribution in [1.82, 2.24) is 30.0 Å². The molecule has 6 rings (SSSR count).